The molecule has 5 rings (SSSR count). The highest BCUT2D eigenvalue weighted by molar-refractivity contribution is 6.34. The molecule has 3 saturated heterocycles. The van der Waals surface area contributed by atoms with Crippen LogP contribution in [-0.2, 0) is 28.7 Å². The molecule has 11 heteroatoms. The minimum absolute atomic E-state index is 0.100. The minimum atomic E-state index is -1.29. The number of ether oxygens (including phenoxy) is 2. The monoisotopic (exact) mass is 649 g/mol. The lowest BCUT2D eigenvalue weighted by molar-refractivity contribution is -0.146. The van der Waals surface area contributed by atoms with E-state index >= 15 is 0 Å². The van der Waals surface area contributed by atoms with E-state index in [4.69, 9.17) is 21.1 Å². The Hall–Kier alpha value is -3.99. The minimum Gasteiger partial charge on any atom is -0.463 e. The Labute approximate surface area is 274 Å². The molecule has 7 atom stereocenters. The molecule has 3 aliphatic rings. The number of carbonyl (C=O) groups is 4. The highest BCUT2D eigenvalue weighted by atomic mass is 35.5. The zero-order chi connectivity index (χ0) is 33.0. The van der Waals surface area contributed by atoms with Crippen molar-refractivity contribution >= 4 is 41.0 Å². The summed E-state index contributed by atoms with van der Waals surface area (Å²) in [5.41, 5.74) is -0.106. The van der Waals surface area contributed by atoms with Gasteiger partial charge in [-0.25, -0.2) is 0 Å². The molecule has 2 N–H and O–H groups in total. The number of hydrogen-bond donors (Lipinski definition) is 2. The molecule has 0 saturated carbocycles. The number of aliphatic hydroxyl groups is 1. The van der Waals surface area contributed by atoms with Crippen molar-refractivity contribution in [3.8, 4) is 0 Å². The number of carbonyl (C=O) groups excluding carboxylic acids is 4. The predicted octanol–water partition coefficient (Wildman–Crippen LogP) is 3.98. The zero-order valence-electron chi connectivity index (χ0n) is 25.8. The molecule has 0 unspecified atom stereocenters. The van der Waals surface area contributed by atoms with Gasteiger partial charge in [0.1, 0.15) is 18.2 Å². The molecule has 3 aliphatic heterocycles. The van der Waals surface area contributed by atoms with Crippen LogP contribution in [0.5, 0.6) is 0 Å². The molecule has 3 fully saturated rings. The normalized spacial score (nSPS) is 25.8. The molecule has 2 aromatic rings. The maximum absolute atomic E-state index is 14.6. The van der Waals surface area contributed by atoms with E-state index in [-0.39, 0.29) is 26.2 Å². The van der Waals surface area contributed by atoms with Gasteiger partial charge >= 0.3 is 5.97 Å². The number of anilines is 1. The standard InChI is InChI=1S/C35H40ClN3O7/c1-4-6-16-28(41)45-21-25(23-12-8-7-9-13-23)37-32(42)29-27-17-18-35(46-27)30(29)33(43)39(22(3)20-40)31(35)34(44)38(19-5-2)26-15-11-10-14-24(26)36/h4-5,7-15,22,25,27,29-31,40H,1-2,6,16-21H2,3H3,(H,37,42)/t22-,25+,27+,29-,30-,31+,35-/m1/s1. The number of nitrogens with one attached hydrogen (secondary N) is 1. The summed E-state index contributed by atoms with van der Waals surface area (Å²) in [6, 6.07) is 13.5. The number of esters is 1. The SMILES string of the molecule is C=CCCC(=O)OC[C@H](NC(=O)[C@@H]1[C@@H]2CC[C@]3(O2)[C@H](C(=O)N(CC=C)c2ccccc2Cl)N([C@H](C)CO)C(=O)[C@@H]13)c1ccccc1. The first kappa shape index (κ1) is 33.4. The lowest BCUT2D eigenvalue weighted by Crippen LogP contribution is -2.58. The van der Waals surface area contributed by atoms with E-state index in [0.29, 0.717) is 30.0 Å². The number of rotatable bonds is 14. The van der Waals surface area contributed by atoms with Gasteiger partial charge in [-0.05, 0) is 43.9 Å². The van der Waals surface area contributed by atoms with Crippen LogP contribution in [0.15, 0.2) is 79.9 Å². The van der Waals surface area contributed by atoms with Gasteiger partial charge in [0.25, 0.3) is 5.91 Å². The Kier molecular flexibility index (Phi) is 10.3. The van der Waals surface area contributed by atoms with E-state index in [1.54, 1.807) is 43.3 Å². The number of allylic oxidation sites excluding steroid dienone is 1. The number of para-hydroxylation sites is 1. The van der Waals surface area contributed by atoms with Gasteiger partial charge in [0.15, 0.2) is 0 Å². The molecule has 244 valence electrons. The number of amides is 3. The van der Waals surface area contributed by atoms with Crippen LogP contribution in [-0.4, -0.2) is 77.2 Å². The molecule has 46 heavy (non-hydrogen) atoms. The fraction of sp³-hybridized carbons (Fsp3) is 0.429. The van der Waals surface area contributed by atoms with Gasteiger partial charge in [0.2, 0.25) is 11.8 Å². The zero-order valence-corrected chi connectivity index (χ0v) is 26.6. The van der Waals surface area contributed by atoms with Crippen LogP contribution in [0.3, 0.4) is 0 Å². The Bertz CT molecular complexity index is 1490. The lowest BCUT2D eigenvalue weighted by atomic mass is 9.70. The van der Waals surface area contributed by atoms with Gasteiger partial charge in [0, 0.05) is 13.0 Å². The molecule has 2 bridgehead atoms. The van der Waals surface area contributed by atoms with Crippen LogP contribution < -0.4 is 10.2 Å². The fourth-order valence-electron chi connectivity index (χ4n) is 7.13. The lowest BCUT2D eigenvalue weighted by Gasteiger charge is -2.38. The van der Waals surface area contributed by atoms with Gasteiger partial charge in [-0.2, -0.15) is 0 Å². The maximum atomic E-state index is 14.6. The van der Waals surface area contributed by atoms with E-state index in [2.05, 4.69) is 18.5 Å². The third kappa shape index (κ3) is 6.09. The molecule has 0 radical (unpaired) electrons. The van der Waals surface area contributed by atoms with Crippen molar-refractivity contribution in [3.05, 3.63) is 90.5 Å². The number of hydrogen-bond acceptors (Lipinski definition) is 7. The molecule has 3 amide bonds. The highest BCUT2D eigenvalue weighted by Gasteiger charge is 2.75. The second-order valence-corrected chi connectivity index (χ2v) is 12.4. The van der Waals surface area contributed by atoms with E-state index in [1.807, 2.05) is 30.3 Å². The van der Waals surface area contributed by atoms with Crippen molar-refractivity contribution < 1.29 is 33.8 Å². The van der Waals surface area contributed by atoms with E-state index in [1.165, 1.54) is 9.80 Å². The summed E-state index contributed by atoms with van der Waals surface area (Å²) in [4.78, 5) is 58.2. The predicted molar refractivity (Wildman–Crippen MR) is 173 cm³/mol. The summed E-state index contributed by atoms with van der Waals surface area (Å²) in [5.74, 6) is -3.56. The largest absolute Gasteiger partial charge is 0.463 e. The average Bonchev–Trinajstić information content (AvgIpc) is 3.72. The van der Waals surface area contributed by atoms with Crippen molar-refractivity contribution in [2.75, 3.05) is 24.7 Å². The Morgan fingerprint density at radius 1 is 1.17 bits per heavy atom. The summed E-state index contributed by atoms with van der Waals surface area (Å²) in [5, 5.41) is 13.6. The van der Waals surface area contributed by atoms with Crippen LogP contribution in [0.4, 0.5) is 5.69 Å². The Morgan fingerprint density at radius 2 is 1.89 bits per heavy atom. The summed E-state index contributed by atoms with van der Waals surface area (Å²) in [6.07, 6.45) is 4.09. The van der Waals surface area contributed by atoms with Gasteiger partial charge in [-0.1, -0.05) is 66.2 Å². The molecule has 0 aromatic heterocycles. The second-order valence-electron chi connectivity index (χ2n) is 12.0. The number of halogens is 1. The second kappa shape index (κ2) is 14.2. The van der Waals surface area contributed by atoms with E-state index < -0.39 is 65.4 Å². The maximum Gasteiger partial charge on any atom is 0.306 e. The van der Waals surface area contributed by atoms with Gasteiger partial charge in [-0.15, -0.1) is 13.2 Å². The van der Waals surface area contributed by atoms with E-state index in [9.17, 15) is 24.3 Å². The van der Waals surface area contributed by atoms with Crippen LogP contribution in [0.25, 0.3) is 0 Å². The van der Waals surface area contributed by atoms with Gasteiger partial charge in [0.05, 0.1) is 47.3 Å². The highest BCUT2D eigenvalue weighted by Crippen LogP contribution is 2.59. The smallest absolute Gasteiger partial charge is 0.306 e. The Balaban J connectivity index is 1.47. The Morgan fingerprint density at radius 3 is 2.57 bits per heavy atom. The first-order valence-corrected chi connectivity index (χ1v) is 16.0. The van der Waals surface area contributed by atoms with Gasteiger partial charge in [-0.3, -0.25) is 19.2 Å². The van der Waals surface area contributed by atoms with Crippen molar-refractivity contribution in [3.63, 3.8) is 0 Å². The van der Waals surface area contributed by atoms with Crippen LogP contribution in [0, 0.1) is 11.8 Å². The van der Waals surface area contributed by atoms with Gasteiger partial charge < -0.3 is 29.7 Å². The molecule has 2 aromatic carbocycles. The molecule has 1 spiro atoms. The summed E-state index contributed by atoms with van der Waals surface area (Å²) in [6.45, 7) is 8.73. The molecular weight excluding hydrogens is 610 g/mol. The number of likely N-dealkylation sites (tertiary alicyclic amines) is 1. The van der Waals surface area contributed by atoms with Crippen molar-refractivity contribution in [2.24, 2.45) is 11.8 Å². The fourth-order valence-corrected chi connectivity index (χ4v) is 7.37. The number of nitrogens with zero attached hydrogens (tertiary/aromatic N) is 2. The third-order valence-corrected chi connectivity index (χ3v) is 9.54. The van der Waals surface area contributed by atoms with Crippen LogP contribution in [0.1, 0.15) is 44.2 Å². The summed E-state index contributed by atoms with van der Waals surface area (Å²) < 4.78 is 12.1. The van der Waals surface area contributed by atoms with E-state index in [0.717, 1.165) is 5.56 Å². The van der Waals surface area contributed by atoms with Crippen molar-refractivity contribution in [1.82, 2.24) is 10.2 Å². The van der Waals surface area contributed by atoms with Crippen molar-refractivity contribution in [1.29, 1.82) is 0 Å². The number of fused-ring (bicyclic) bond motifs is 1. The average molecular weight is 650 g/mol. The molecule has 0 aliphatic carbocycles. The summed E-state index contributed by atoms with van der Waals surface area (Å²) >= 11 is 6.51. The quantitative estimate of drug-likeness (QED) is 0.234. The van der Waals surface area contributed by atoms with Crippen LogP contribution in [0.2, 0.25) is 5.02 Å². The molecular formula is C35H40ClN3O7. The first-order valence-electron chi connectivity index (χ1n) is 15.6. The number of aliphatic hydroxyl groups excluding tert-OH is 1. The number of benzene rings is 2. The molecule has 10 nitrogen and oxygen atoms in total. The van der Waals surface area contributed by atoms with Crippen molar-refractivity contribution in [2.45, 2.75) is 62.4 Å². The topological polar surface area (TPSA) is 125 Å². The van der Waals surface area contributed by atoms with Crippen LogP contribution >= 0.6 is 11.6 Å². The third-order valence-electron chi connectivity index (χ3n) is 9.22. The summed E-state index contributed by atoms with van der Waals surface area (Å²) in [7, 11) is 0. The molecule has 3 heterocycles. The first-order chi connectivity index (χ1) is 22.2.